The highest BCUT2D eigenvalue weighted by Gasteiger charge is 2.28. The molecule has 164 valence electrons. The third-order valence-corrected chi connectivity index (χ3v) is 8.72. The summed E-state index contributed by atoms with van der Waals surface area (Å²) in [6.07, 6.45) is 2.84. The fourth-order valence-corrected chi connectivity index (χ4v) is 6.80. The summed E-state index contributed by atoms with van der Waals surface area (Å²) in [6.45, 7) is 2.94. The molecule has 1 amide bonds. The smallest absolute Gasteiger partial charge is 0.261 e. The van der Waals surface area contributed by atoms with Crippen LogP contribution in [0.25, 0.3) is 10.2 Å². The molecule has 7 nitrogen and oxygen atoms in total. The average Bonchev–Trinajstić information content (AvgIpc) is 3.27. The maximum atomic E-state index is 12.8. The molecule has 3 heterocycles. The van der Waals surface area contributed by atoms with Gasteiger partial charge in [0, 0.05) is 18.1 Å². The van der Waals surface area contributed by atoms with E-state index in [9.17, 15) is 13.2 Å². The van der Waals surface area contributed by atoms with E-state index in [-0.39, 0.29) is 23.3 Å². The van der Waals surface area contributed by atoms with E-state index in [2.05, 4.69) is 20.6 Å². The summed E-state index contributed by atoms with van der Waals surface area (Å²) < 4.78 is 23.4. The van der Waals surface area contributed by atoms with Crippen molar-refractivity contribution < 1.29 is 13.2 Å². The minimum absolute atomic E-state index is 0.0737. The number of fused-ring (bicyclic) bond motifs is 1. The predicted octanol–water partition coefficient (Wildman–Crippen LogP) is 3.47. The number of nitrogens with one attached hydrogen (secondary N) is 2. The molecule has 4 rings (SSSR count). The van der Waals surface area contributed by atoms with Gasteiger partial charge in [-0.1, -0.05) is 23.7 Å². The molecular weight excluding hydrogens is 456 g/mol. The number of rotatable bonds is 7. The zero-order valence-corrected chi connectivity index (χ0v) is 19.4. The number of sulfone groups is 1. The van der Waals surface area contributed by atoms with Crippen LogP contribution in [0, 0.1) is 12.8 Å². The van der Waals surface area contributed by atoms with Crippen LogP contribution in [0.15, 0.2) is 30.6 Å². The summed E-state index contributed by atoms with van der Waals surface area (Å²) >= 11 is 7.24. The van der Waals surface area contributed by atoms with Crippen LogP contribution in [-0.2, 0) is 16.3 Å². The van der Waals surface area contributed by atoms with Gasteiger partial charge in [0.05, 0.1) is 21.8 Å². The third kappa shape index (κ3) is 5.16. The molecule has 0 spiro atoms. The number of carbonyl (C=O) groups excluding carboxylic acids is 1. The van der Waals surface area contributed by atoms with Crippen molar-refractivity contribution in [1.82, 2.24) is 15.3 Å². The Balaban J connectivity index is 1.44. The van der Waals surface area contributed by atoms with Crippen LogP contribution >= 0.6 is 22.9 Å². The van der Waals surface area contributed by atoms with Crippen LogP contribution in [0.1, 0.15) is 27.2 Å². The Morgan fingerprint density at radius 1 is 1.26 bits per heavy atom. The monoisotopic (exact) mass is 478 g/mol. The van der Waals surface area contributed by atoms with E-state index in [1.807, 2.05) is 31.2 Å². The molecular formula is C21H23ClN4O3S2. The fourth-order valence-electron chi connectivity index (χ4n) is 3.75. The molecule has 1 aliphatic rings. The Bertz CT molecular complexity index is 1210. The van der Waals surface area contributed by atoms with Crippen molar-refractivity contribution in [3.8, 4) is 0 Å². The van der Waals surface area contributed by atoms with Crippen molar-refractivity contribution in [2.45, 2.75) is 19.8 Å². The number of benzene rings is 1. The lowest BCUT2D eigenvalue weighted by Crippen LogP contribution is -2.25. The first-order valence-corrected chi connectivity index (χ1v) is 13.0. The molecule has 1 saturated heterocycles. The van der Waals surface area contributed by atoms with E-state index in [4.69, 9.17) is 11.6 Å². The van der Waals surface area contributed by atoms with E-state index in [1.165, 1.54) is 17.7 Å². The number of anilines is 1. The van der Waals surface area contributed by atoms with Gasteiger partial charge in [-0.3, -0.25) is 4.79 Å². The zero-order valence-electron chi connectivity index (χ0n) is 17.0. The fraction of sp³-hybridized carbons (Fsp3) is 0.381. The summed E-state index contributed by atoms with van der Waals surface area (Å²) in [4.78, 5) is 22.8. The van der Waals surface area contributed by atoms with Crippen LogP contribution in [0.2, 0.25) is 5.02 Å². The van der Waals surface area contributed by atoms with Gasteiger partial charge in [-0.05, 0) is 48.9 Å². The van der Waals surface area contributed by atoms with Gasteiger partial charge in [0.2, 0.25) is 0 Å². The summed E-state index contributed by atoms with van der Waals surface area (Å²) in [5.74, 6) is 1.03. The van der Waals surface area contributed by atoms with Crippen LogP contribution < -0.4 is 10.6 Å². The topological polar surface area (TPSA) is 101 Å². The lowest BCUT2D eigenvalue weighted by Gasteiger charge is -2.11. The molecule has 1 fully saturated rings. The quantitative estimate of drug-likeness (QED) is 0.539. The van der Waals surface area contributed by atoms with Gasteiger partial charge in [0.1, 0.15) is 17.0 Å². The van der Waals surface area contributed by atoms with Gasteiger partial charge in [-0.25, -0.2) is 18.4 Å². The maximum Gasteiger partial charge on any atom is 0.261 e. The number of amides is 1. The van der Waals surface area contributed by atoms with Crippen LogP contribution in [0.3, 0.4) is 0 Å². The van der Waals surface area contributed by atoms with Crippen molar-refractivity contribution in [3.05, 3.63) is 51.6 Å². The molecule has 2 N–H and O–H groups in total. The molecule has 0 bridgehead atoms. The Morgan fingerprint density at radius 2 is 2.03 bits per heavy atom. The van der Waals surface area contributed by atoms with E-state index in [0.29, 0.717) is 41.6 Å². The second-order valence-electron chi connectivity index (χ2n) is 7.74. The second kappa shape index (κ2) is 9.10. The van der Waals surface area contributed by atoms with Gasteiger partial charge in [0.15, 0.2) is 9.84 Å². The lowest BCUT2D eigenvalue weighted by atomic mass is 10.1. The number of hydrogen-bond acceptors (Lipinski definition) is 7. The summed E-state index contributed by atoms with van der Waals surface area (Å²) in [6, 6.07) is 7.57. The maximum absolute atomic E-state index is 12.8. The number of aryl methyl sites for hydroxylation is 1. The van der Waals surface area contributed by atoms with Crippen molar-refractivity contribution in [2.75, 3.05) is 29.9 Å². The van der Waals surface area contributed by atoms with Crippen LogP contribution in [0.4, 0.5) is 5.82 Å². The number of thiophene rings is 1. The number of nitrogens with zero attached hydrogens (tertiary/aromatic N) is 2. The third-order valence-electron chi connectivity index (χ3n) is 5.43. The van der Waals surface area contributed by atoms with E-state index >= 15 is 0 Å². The minimum atomic E-state index is -2.92. The number of carbonyl (C=O) groups is 1. The van der Waals surface area contributed by atoms with Crippen molar-refractivity contribution in [1.29, 1.82) is 0 Å². The molecule has 1 aliphatic heterocycles. The van der Waals surface area contributed by atoms with Crippen molar-refractivity contribution in [2.24, 2.45) is 5.92 Å². The Hall–Kier alpha value is -2.23. The normalized spacial score (nSPS) is 17.7. The summed E-state index contributed by atoms with van der Waals surface area (Å²) in [7, 11) is -2.92. The largest absolute Gasteiger partial charge is 0.369 e. The van der Waals surface area contributed by atoms with E-state index in [1.54, 1.807) is 0 Å². The van der Waals surface area contributed by atoms with Gasteiger partial charge < -0.3 is 10.6 Å². The van der Waals surface area contributed by atoms with E-state index < -0.39 is 9.84 Å². The van der Waals surface area contributed by atoms with Gasteiger partial charge >= 0.3 is 0 Å². The second-order valence-corrected chi connectivity index (χ2v) is 11.4. The highest BCUT2D eigenvalue weighted by atomic mass is 35.5. The Kier molecular flexibility index (Phi) is 6.45. The molecule has 0 radical (unpaired) electrons. The first-order valence-electron chi connectivity index (χ1n) is 10.0. The number of aromatic nitrogens is 2. The predicted molar refractivity (Wildman–Crippen MR) is 125 cm³/mol. The first-order chi connectivity index (χ1) is 14.8. The Morgan fingerprint density at radius 3 is 2.74 bits per heavy atom. The number of halogens is 1. The summed E-state index contributed by atoms with van der Waals surface area (Å²) in [5, 5.41) is 7.76. The average molecular weight is 479 g/mol. The molecule has 10 heteroatoms. The number of hydrogen-bond donors (Lipinski definition) is 2. The summed E-state index contributed by atoms with van der Waals surface area (Å²) in [5.41, 5.74) is 1.93. The standard InChI is InChI=1S/C21H23ClN4O3S2/c1-13-17-19(24-10-15-7-9-31(28,29)11-15)25-12-26-21(17)30-18(13)20(27)23-8-6-14-2-4-16(22)5-3-14/h2-5,12,15H,6-11H2,1H3,(H,23,27)(H,24,25,26). The van der Waals surface area contributed by atoms with Crippen molar-refractivity contribution >= 4 is 54.7 Å². The lowest BCUT2D eigenvalue weighted by molar-refractivity contribution is 0.0957. The molecule has 31 heavy (non-hydrogen) atoms. The molecule has 3 aromatic rings. The van der Waals surface area contributed by atoms with Crippen LogP contribution in [-0.4, -0.2) is 48.9 Å². The highest BCUT2D eigenvalue weighted by Crippen LogP contribution is 2.33. The molecule has 0 aliphatic carbocycles. The van der Waals surface area contributed by atoms with Crippen molar-refractivity contribution in [3.63, 3.8) is 0 Å². The molecule has 1 atom stereocenters. The molecule has 1 aromatic carbocycles. The molecule has 1 unspecified atom stereocenters. The molecule has 0 saturated carbocycles. The minimum Gasteiger partial charge on any atom is -0.369 e. The van der Waals surface area contributed by atoms with E-state index in [0.717, 1.165) is 21.3 Å². The van der Waals surface area contributed by atoms with Gasteiger partial charge in [-0.2, -0.15) is 0 Å². The first kappa shape index (κ1) is 22.0. The molecule has 2 aromatic heterocycles. The van der Waals surface area contributed by atoms with Gasteiger partial charge in [-0.15, -0.1) is 11.3 Å². The SMILES string of the molecule is Cc1c(C(=O)NCCc2ccc(Cl)cc2)sc2ncnc(NCC3CCS(=O)(=O)C3)c12. The Labute approximate surface area is 190 Å². The highest BCUT2D eigenvalue weighted by molar-refractivity contribution is 7.91. The zero-order chi connectivity index (χ0) is 22.0. The van der Waals surface area contributed by atoms with Crippen LogP contribution in [0.5, 0.6) is 0 Å². The van der Waals surface area contributed by atoms with Gasteiger partial charge in [0.25, 0.3) is 5.91 Å².